The summed E-state index contributed by atoms with van der Waals surface area (Å²) in [6.07, 6.45) is -0.642. The molecule has 3 rings (SSSR count). The molecule has 0 saturated carbocycles. The topological polar surface area (TPSA) is 67.4 Å². The Balaban J connectivity index is 1.58. The third-order valence-electron chi connectivity index (χ3n) is 4.57. The van der Waals surface area contributed by atoms with Crippen molar-refractivity contribution < 1.29 is 14.3 Å². The SMILES string of the molecule is Cc1ccccc1OC(C)C(=O)Nc1ccc(NC(=O)c2ccccc2C)cc1. The Bertz CT molecular complexity index is 1010. The van der Waals surface area contributed by atoms with Gasteiger partial charge in [0.15, 0.2) is 6.10 Å². The van der Waals surface area contributed by atoms with Crippen LogP contribution >= 0.6 is 0 Å². The number of benzene rings is 3. The molecule has 0 radical (unpaired) electrons. The van der Waals surface area contributed by atoms with E-state index in [0.29, 0.717) is 22.7 Å². The Labute approximate surface area is 170 Å². The summed E-state index contributed by atoms with van der Waals surface area (Å²) < 4.78 is 5.75. The number of anilines is 2. The molecule has 5 nitrogen and oxygen atoms in total. The van der Waals surface area contributed by atoms with Gasteiger partial charge in [-0.05, 0) is 68.3 Å². The normalized spacial score (nSPS) is 11.4. The highest BCUT2D eigenvalue weighted by atomic mass is 16.5. The molecule has 0 aliphatic heterocycles. The zero-order valence-electron chi connectivity index (χ0n) is 16.7. The first-order valence-electron chi connectivity index (χ1n) is 9.44. The second-order valence-electron chi connectivity index (χ2n) is 6.86. The molecule has 29 heavy (non-hydrogen) atoms. The van der Waals surface area contributed by atoms with Crippen LogP contribution in [0.3, 0.4) is 0 Å². The monoisotopic (exact) mass is 388 g/mol. The van der Waals surface area contributed by atoms with Crippen LogP contribution in [0.1, 0.15) is 28.4 Å². The van der Waals surface area contributed by atoms with Crippen molar-refractivity contribution in [1.82, 2.24) is 0 Å². The molecule has 5 heteroatoms. The maximum Gasteiger partial charge on any atom is 0.265 e. The number of hydrogen-bond acceptors (Lipinski definition) is 3. The molecular weight excluding hydrogens is 364 g/mol. The highest BCUT2D eigenvalue weighted by Crippen LogP contribution is 2.19. The van der Waals surface area contributed by atoms with Gasteiger partial charge in [-0.15, -0.1) is 0 Å². The number of aryl methyl sites for hydroxylation is 2. The van der Waals surface area contributed by atoms with Gasteiger partial charge in [-0.2, -0.15) is 0 Å². The summed E-state index contributed by atoms with van der Waals surface area (Å²) in [4.78, 5) is 24.8. The van der Waals surface area contributed by atoms with E-state index in [1.807, 2.05) is 56.3 Å². The summed E-state index contributed by atoms with van der Waals surface area (Å²) in [5.74, 6) is 0.273. The lowest BCUT2D eigenvalue weighted by atomic mass is 10.1. The summed E-state index contributed by atoms with van der Waals surface area (Å²) in [5.41, 5.74) is 3.80. The van der Waals surface area contributed by atoms with E-state index in [0.717, 1.165) is 11.1 Å². The third kappa shape index (κ3) is 5.23. The first kappa shape index (κ1) is 20.1. The van der Waals surface area contributed by atoms with Crippen LogP contribution in [0.4, 0.5) is 11.4 Å². The summed E-state index contributed by atoms with van der Waals surface area (Å²) in [6, 6.07) is 22.0. The first-order valence-corrected chi connectivity index (χ1v) is 9.44. The lowest BCUT2D eigenvalue weighted by Gasteiger charge is -2.16. The summed E-state index contributed by atoms with van der Waals surface area (Å²) in [5, 5.41) is 5.69. The van der Waals surface area contributed by atoms with Crippen molar-refractivity contribution >= 4 is 23.2 Å². The highest BCUT2D eigenvalue weighted by Gasteiger charge is 2.16. The Morgan fingerprint density at radius 2 is 1.31 bits per heavy atom. The van der Waals surface area contributed by atoms with Gasteiger partial charge in [0.05, 0.1) is 0 Å². The standard InChI is InChI=1S/C24H24N2O3/c1-16-8-4-6-10-21(16)24(28)26-20-14-12-19(13-15-20)25-23(27)18(3)29-22-11-7-5-9-17(22)2/h4-15,18H,1-3H3,(H,25,27)(H,26,28). The first-order chi connectivity index (χ1) is 13.9. The minimum atomic E-state index is -0.642. The van der Waals surface area contributed by atoms with E-state index in [4.69, 9.17) is 4.74 Å². The number of para-hydroxylation sites is 1. The second kappa shape index (κ2) is 9.06. The van der Waals surface area contributed by atoms with E-state index in [-0.39, 0.29) is 11.8 Å². The van der Waals surface area contributed by atoms with Crippen molar-refractivity contribution in [2.75, 3.05) is 10.6 Å². The predicted octanol–water partition coefficient (Wildman–Crippen LogP) is 4.96. The van der Waals surface area contributed by atoms with Gasteiger partial charge < -0.3 is 15.4 Å². The van der Waals surface area contributed by atoms with Crippen molar-refractivity contribution in [3.8, 4) is 5.75 Å². The van der Waals surface area contributed by atoms with Gasteiger partial charge in [-0.1, -0.05) is 36.4 Å². The largest absolute Gasteiger partial charge is 0.481 e. The smallest absolute Gasteiger partial charge is 0.265 e. The number of rotatable bonds is 6. The molecule has 3 aromatic rings. The Morgan fingerprint density at radius 1 is 0.759 bits per heavy atom. The van der Waals surface area contributed by atoms with E-state index < -0.39 is 6.10 Å². The molecule has 3 aromatic carbocycles. The lowest BCUT2D eigenvalue weighted by molar-refractivity contribution is -0.122. The summed E-state index contributed by atoms with van der Waals surface area (Å²) >= 11 is 0. The van der Waals surface area contributed by atoms with Crippen molar-refractivity contribution in [3.63, 3.8) is 0 Å². The van der Waals surface area contributed by atoms with Crippen molar-refractivity contribution in [1.29, 1.82) is 0 Å². The number of nitrogens with one attached hydrogen (secondary N) is 2. The van der Waals surface area contributed by atoms with Gasteiger partial charge >= 0.3 is 0 Å². The number of carbonyl (C=O) groups is 2. The minimum Gasteiger partial charge on any atom is -0.481 e. The fraction of sp³-hybridized carbons (Fsp3) is 0.167. The summed E-state index contributed by atoms with van der Waals surface area (Å²) in [6.45, 7) is 5.54. The van der Waals surface area contributed by atoms with Gasteiger partial charge in [-0.3, -0.25) is 9.59 Å². The van der Waals surface area contributed by atoms with Crippen LogP contribution in [0.15, 0.2) is 72.8 Å². The van der Waals surface area contributed by atoms with Crippen LogP contribution in [0, 0.1) is 13.8 Å². The number of ether oxygens (including phenoxy) is 1. The molecule has 1 unspecified atom stereocenters. The van der Waals surface area contributed by atoms with E-state index in [9.17, 15) is 9.59 Å². The van der Waals surface area contributed by atoms with Crippen molar-refractivity contribution in [2.24, 2.45) is 0 Å². The van der Waals surface area contributed by atoms with Crippen LogP contribution in [-0.2, 0) is 4.79 Å². The Morgan fingerprint density at radius 3 is 1.93 bits per heavy atom. The highest BCUT2D eigenvalue weighted by molar-refractivity contribution is 6.05. The second-order valence-corrected chi connectivity index (χ2v) is 6.86. The maximum absolute atomic E-state index is 12.4. The molecule has 0 aliphatic carbocycles. The molecule has 148 valence electrons. The zero-order chi connectivity index (χ0) is 20.8. The van der Waals surface area contributed by atoms with Gasteiger partial charge in [-0.25, -0.2) is 0 Å². The van der Waals surface area contributed by atoms with E-state index in [1.54, 1.807) is 37.3 Å². The molecule has 2 N–H and O–H groups in total. The van der Waals surface area contributed by atoms with Gasteiger partial charge in [0, 0.05) is 16.9 Å². The molecule has 2 amide bonds. The lowest BCUT2D eigenvalue weighted by Crippen LogP contribution is -2.30. The molecule has 0 aliphatic rings. The van der Waals surface area contributed by atoms with Gasteiger partial charge in [0.2, 0.25) is 0 Å². The molecule has 0 spiro atoms. The quantitative estimate of drug-likeness (QED) is 0.627. The molecular formula is C24H24N2O3. The van der Waals surface area contributed by atoms with E-state index in [2.05, 4.69) is 10.6 Å². The summed E-state index contributed by atoms with van der Waals surface area (Å²) in [7, 11) is 0. The zero-order valence-corrected chi connectivity index (χ0v) is 16.7. The minimum absolute atomic E-state index is 0.167. The molecule has 0 fully saturated rings. The molecule has 0 aromatic heterocycles. The van der Waals surface area contributed by atoms with E-state index >= 15 is 0 Å². The number of carbonyl (C=O) groups excluding carboxylic acids is 2. The van der Waals surface area contributed by atoms with Gasteiger partial charge in [0.1, 0.15) is 5.75 Å². The van der Waals surface area contributed by atoms with Crippen molar-refractivity contribution in [3.05, 3.63) is 89.5 Å². The average Bonchev–Trinajstić information content (AvgIpc) is 2.71. The van der Waals surface area contributed by atoms with Crippen LogP contribution in [0.25, 0.3) is 0 Å². The Hall–Kier alpha value is -3.60. The molecule has 1 atom stereocenters. The number of amides is 2. The fourth-order valence-corrected chi connectivity index (χ4v) is 2.84. The fourth-order valence-electron chi connectivity index (χ4n) is 2.84. The molecule has 0 heterocycles. The van der Waals surface area contributed by atoms with Crippen LogP contribution in [0.2, 0.25) is 0 Å². The molecule has 0 saturated heterocycles. The third-order valence-corrected chi connectivity index (χ3v) is 4.57. The van der Waals surface area contributed by atoms with Crippen LogP contribution in [0.5, 0.6) is 5.75 Å². The van der Waals surface area contributed by atoms with Crippen LogP contribution in [-0.4, -0.2) is 17.9 Å². The maximum atomic E-state index is 12.4. The van der Waals surface area contributed by atoms with E-state index in [1.165, 1.54) is 0 Å². The Kier molecular flexibility index (Phi) is 6.29. The van der Waals surface area contributed by atoms with Crippen molar-refractivity contribution in [2.45, 2.75) is 26.9 Å². The number of hydrogen-bond donors (Lipinski definition) is 2. The van der Waals surface area contributed by atoms with Gasteiger partial charge in [0.25, 0.3) is 11.8 Å². The predicted molar refractivity (Wildman–Crippen MR) is 115 cm³/mol. The van der Waals surface area contributed by atoms with Crippen LogP contribution < -0.4 is 15.4 Å². The molecule has 0 bridgehead atoms. The average molecular weight is 388 g/mol.